The third-order valence-electron chi connectivity index (χ3n) is 5.38. The van der Waals surface area contributed by atoms with Crippen molar-refractivity contribution in [3.05, 3.63) is 84.1 Å². The fraction of sp³-hybridized carbons (Fsp3) is 0.208. The van der Waals surface area contributed by atoms with Gasteiger partial charge in [-0.1, -0.05) is 30.3 Å². The Hall–Kier alpha value is -4.07. The van der Waals surface area contributed by atoms with E-state index in [-0.39, 0.29) is 12.5 Å². The van der Waals surface area contributed by atoms with Crippen molar-refractivity contribution in [2.75, 3.05) is 14.2 Å². The molecule has 8 nitrogen and oxygen atoms in total. The van der Waals surface area contributed by atoms with Gasteiger partial charge in [0.25, 0.3) is 0 Å². The van der Waals surface area contributed by atoms with Crippen molar-refractivity contribution in [1.29, 1.82) is 0 Å². The summed E-state index contributed by atoms with van der Waals surface area (Å²) in [5.74, 6) is 0.777. The van der Waals surface area contributed by atoms with Crippen LogP contribution in [0, 0.1) is 0 Å². The van der Waals surface area contributed by atoms with Crippen LogP contribution in [0.3, 0.4) is 0 Å². The monoisotopic (exact) mass is 432 g/mol. The first kappa shape index (κ1) is 21.2. The number of aromatic nitrogens is 3. The number of aryl methyl sites for hydroxylation is 1. The van der Waals surface area contributed by atoms with Gasteiger partial charge < -0.3 is 23.9 Å². The summed E-state index contributed by atoms with van der Waals surface area (Å²) in [7, 11) is 4.83. The Balaban J connectivity index is 1.63. The fourth-order valence-electron chi connectivity index (χ4n) is 3.76. The van der Waals surface area contributed by atoms with Crippen molar-refractivity contribution in [2.45, 2.75) is 12.6 Å². The van der Waals surface area contributed by atoms with Gasteiger partial charge in [-0.3, -0.25) is 4.79 Å². The molecule has 1 N–H and O–H groups in total. The quantitative estimate of drug-likeness (QED) is 0.454. The molecule has 2 aromatic carbocycles. The van der Waals surface area contributed by atoms with Crippen LogP contribution in [0.2, 0.25) is 0 Å². The summed E-state index contributed by atoms with van der Waals surface area (Å²) in [6.07, 6.45) is 5.18. The Morgan fingerprint density at radius 3 is 2.50 bits per heavy atom. The first-order valence-electron chi connectivity index (χ1n) is 10.1. The number of nitrogens with one attached hydrogen (secondary N) is 1. The molecule has 164 valence electrons. The summed E-state index contributed by atoms with van der Waals surface area (Å²) in [5, 5.41) is 3.82. The lowest BCUT2D eigenvalue weighted by molar-refractivity contribution is -0.122. The van der Waals surface area contributed by atoms with Crippen molar-refractivity contribution in [2.24, 2.45) is 7.05 Å². The van der Waals surface area contributed by atoms with Gasteiger partial charge in [-0.25, -0.2) is 9.78 Å². The summed E-state index contributed by atoms with van der Waals surface area (Å²) in [6, 6.07) is 14.5. The number of amides is 1. The van der Waals surface area contributed by atoms with E-state index in [4.69, 9.17) is 9.47 Å². The van der Waals surface area contributed by atoms with Crippen LogP contribution in [0.25, 0.3) is 10.9 Å². The molecule has 0 spiro atoms. The van der Waals surface area contributed by atoms with E-state index in [1.807, 2.05) is 66.3 Å². The average Bonchev–Trinajstić information content (AvgIpc) is 3.41. The lowest BCUT2D eigenvalue weighted by Gasteiger charge is -2.20. The lowest BCUT2D eigenvalue weighted by atomic mass is 10.1. The molecule has 0 aliphatic rings. The lowest BCUT2D eigenvalue weighted by Crippen LogP contribution is -2.33. The summed E-state index contributed by atoms with van der Waals surface area (Å²) in [4.78, 5) is 29.7. The summed E-state index contributed by atoms with van der Waals surface area (Å²) in [6.45, 7) is 0.0363. The molecule has 32 heavy (non-hydrogen) atoms. The van der Waals surface area contributed by atoms with Crippen LogP contribution in [-0.2, 0) is 23.1 Å². The maximum Gasteiger partial charge on any atom is 0.340 e. The van der Waals surface area contributed by atoms with Crippen LogP contribution < -0.4 is 10.1 Å². The fourth-order valence-corrected chi connectivity index (χ4v) is 3.76. The highest BCUT2D eigenvalue weighted by Crippen LogP contribution is 2.24. The van der Waals surface area contributed by atoms with E-state index < -0.39 is 12.0 Å². The Kier molecular flexibility index (Phi) is 5.93. The zero-order chi connectivity index (χ0) is 22.7. The first-order valence-corrected chi connectivity index (χ1v) is 10.1. The summed E-state index contributed by atoms with van der Waals surface area (Å²) in [5.41, 5.74) is 2.08. The SMILES string of the molecule is COC(=O)c1cn(CC(=O)NC(c2ccc(OC)cc2)c2nccn2C)c2ccccc12. The van der Waals surface area contributed by atoms with Gasteiger partial charge in [0.15, 0.2) is 0 Å². The maximum atomic E-state index is 13.1. The van der Waals surface area contributed by atoms with E-state index in [9.17, 15) is 9.59 Å². The van der Waals surface area contributed by atoms with Crippen LogP contribution in [0.4, 0.5) is 0 Å². The minimum atomic E-state index is -0.449. The van der Waals surface area contributed by atoms with Crippen LogP contribution in [0.5, 0.6) is 5.75 Å². The second-order valence-corrected chi connectivity index (χ2v) is 7.35. The second-order valence-electron chi connectivity index (χ2n) is 7.35. The van der Waals surface area contributed by atoms with Crippen molar-refractivity contribution in [3.63, 3.8) is 0 Å². The molecular formula is C24H24N4O4. The number of imidazole rings is 1. The zero-order valence-electron chi connectivity index (χ0n) is 18.1. The highest BCUT2D eigenvalue weighted by molar-refractivity contribution is 6.04. The Morgan fingerprint density at radius 1 is 1.09 bits per heavy atom. The van der Waals surface area contributed by atoms with Gasteiger partial charge in [0.2, 0.25) is 5.91 Å². The highest BCUT2D eigenvalue weighted by Gasteiger charge is 2.22. The number of fused-ring (bicyclic) bond motifs is 1. The number of para-hydroxylation sites is 1. The molecule has 0 radical (unpaired) electrons. The molecule has 0 saturated carbocycles. The van der Waals surface area contributed by atoms with Gasteiger partial charge in [0, 0.05) is 36.5 Å². The number of hydrogen-bond donors (Lipinski definition) is 1. The van der Waals surface area contributed by atoms with E-state index in [0.29, 0.717) is 11.4 Å². The molecule has 4 rings (SSSR count). The van der Waals surface area contributed by atoms with Gasteiger partial charge in [-0.2, -0.15) is 0 Å². The normalized spacial score (nSPS) is 11.8. The Labute approximate surface area is 185 Å². The largest absolute Gasteiger partial charge is 0.497 e. The van der Waals surface area contributed by atoms with Crippen molar-refractivity contribution < 1.29 is 19.1 Å². The van der Waals surface area contributed by atoms with E-state index >= 15 is 0 Å². The number of carbonyl (C=O) groups is 2. The van der Waals surface area contributed by atoms with Gasteiger partial charge >= 0.3 is 5.97 Å². The molecule has 2 heterocycles. The topological polar surface area (TPSA) is 87.4 Å². The second kappa shape index (κ2) is 8.97. The van der Waals surface area contributed by atoms with Crippen molar-refractivity contribution in [1.82, 2.24) is 19.4 Å². The molecule has 0 aliphatic heterocycles. The van der Waals surface area contributed by atoms with Crippen LogP contribution in [0.1, 0.15) is 27.8 Å². The maximum absolute atomic E-state index is 13.1. The van der Waals surface area contributed by atoms with Gasteiger partial charge in [-0.15, -0.1) is 0 Å². The van der Waals surface area contributed by atoms with Crippen molar-refractivity contribution in [3.8, 4) is 5.75 Å². The van der Waals surface area contributed by atoms with E-state index in [1.54, 1.807) is 24.1 Å². The van der Waals surface area contributed by atoms with Crippen LogP contribution in [-0.4, -0.2) is 40.2 Å². The molecule has 0 fully saturated rings. The summed E-state index contributed by atoms with van der Waals surface area (Å²) < 4.78 is 13.8. The van der Waals surface area contributed by atoms with Crippen LogP contribution in [0.15, 0.2) is 67.1 Å². The highest BCUT2D eigenvalue weighted by atomic mass is 16.5. The molecule has 0 bridgehead atoms. The van der Waals surface area contributed by atoms with Gasteiger partial charge in [0.05, 0.1) is 19.8 Å². The first-order chi connectivity index (χ1) is 15.5. The molecule has 1 unspecified atom stereocenters. The Morgan fingerprint density at radius 2 is 1.84 bits per heavy atom. The predicted molar refractivity (Wildman–Crippen MR) is 119 cm³/mol. The number of hydrogen-bond acceptors (Lipinski definition) is 5. The van der Waals surface area contributed by atoms with Gasteiger partial charge in [-0.05, 0) is 23.8 Å². The van der Waals surface area contributed by atoms with Crippen LogP contribution >= 0.6 is 0 Å². The van der Waals surface area contributed by atoms with E-state index in [1.165, 1.54) is 7.11 Å². The van der Waals surface area contributed by atoms with Gasteiger partial charge in [0.1, 0.15) is 24.2 Å². The smallest absolute Gasteiger partial charge is 0.340 e. The number of methoxy groups -OCH3 is 2. The number of rotatable bonds is 7. The minimum Gasteiger partial charge on any atom is -0.497 e. The van der Waals surface area contributed by atoms with E-state index in [0.717, 1.165) is 22.2 Å². The molecule has 0 saturated heterocycles. The molecule has 1 atom stereocenters. The van der Waals surface area contributed by atoms with Crippen molar-refractivity contribution >= 4 is 22.8 Å². The van der Waals surface area contributed by atoms with E-state index in [2.05, 4.69) is 10.3 Å². The molecule has 0 aliphatic carbocycles. The zero-order valence-corrected chi connectivity index (χ0v) is 18.1. The third-order valence-corrected chi connectivity index (χ3v) is 5.38. The molecule has 8 heteroatoms. The number of benzene rings is 2. The molecule has 4 aromatic rings. The molecular weight excluding hydrogens is 408 g/mol. The average molecular weight is 432 g/mol. The third kappa shape index (κ3) is 4.07. The number of ether oxygens (including phenoxy) is 2. The predicted octanol–water partition coefficient (Wildman–Crippen LogP) is 3.08. The molecule has 2 aromatic heterocycles. The summed E-state index contributed by atoms with van der Waals surface area (Å²) >= 11 is 0. The standard InChI is InChI=1S/C24H24N4O4/c1-27-13-12-25-23(27)22(16-8-10-17(31-2)11-9-16)26-21(29)15-28-14-19(24(30)32-3)18-6-4-5-7-20(18)28/h4-14,22H,15H2,1-3H3,(H,26,29). The molecule has 1 amide bonds. The number of carbonyl (C=O) groups excluding carboxylic acids is 2. The Bertz CT molecular complexity index is 1260. The number of nitrogens with zero attached hydrogens (tertiary/aromatic N) is 3. The number of esters is 1. The minimum absolute atomic E-state index is 0.0363.